The summed E-state index contributed by atoms with van der Waals surface area (Å²) in [6.45, 7) is 9.60. The van der Waals surface area contributed by atoms with Gasteiger partial charge in [0.2, 0.25) is 0 Å². The van der Waals surface area contributed by atoms with Gasteiger partial charge in [0, 0.05) is 87.5 Å². The van der Waals surface area contributed by atoms with Crippen LogP contribution in [0.4, 0.5) is 11.4 Å². The first kappa shape index (κ1) is 30.4. The van der Waals surface area contributed by atoms with Crippen molar-refractivity contribution in [3.8, 4) is 11.1 Å². The first-order valence-corrected chi connectivity index (χ1v) is 16.7. The van der Waals surface area contributed by atoms with E-state index in [-0.39, 0.29) is 18.1 Å². The van der Waals surface area contributed by atoms with Crippen LogP contribution < -0.4 is 15.4 Å². The lowest BCUT2D eigenvalue weighted by atomic mass is 9.96. The number of hydrogen-bond donors (Lipinski definition) is 1. The minimum absolute atomic E-state index is 0.0232. The van der Waals surface area contributed by atoms with Gasteiger partial charge in [-0.2, -0.15) is 0 Å². The highest BCUT2D eigenvalue weighted by Crippen LogP contribution is 2.35. The fourth-order valence-electron chi connectivity index (χ4n) is 7.59. The zero-order valence-corrected chi connectivity index (χ0v) is 27.2. The summed E-state index contributed by atoms with van der Waals surface area (Å²) < 4.78 is 3.81. The standard InChI is InChI=1S/C37H44N6O3/c1-25(2)40-13-15-41(16-14-40)30-12-11-29(38-22-30)20-27-19-28(23-39(3)36(27)45)31-8-6-10-34(32(31)24-44)43-18-17-42-33-9-5-4-7-26(33)21-35(42)37(43)46/h6,8,10-12,19,21-23,25,44H,4-5,7,9,13-18,20,24H2,1-3H3. The number of aromatic nitrogens is 3. The molecule has 0 unspecified atom stereocenters. The van der Waals surface area contributed by atoms with Crippen LogP contribution in [0.1, 0.15) is 65.3 Å². The number of nitrogens with zero attached hydrogens (tertiary/aromatic N) is 6. The van der Waals surface area contributed by atoms with Crippen molar-refractivity contribution in [3.05, 3.63) is 99.0 Å². The molecule has 9 nitrogen and oxygen atoms in total. The van der Waals surface area contributed by atoms with Crippen molar-refractivity contribution >= 4 is 17.3 Å². The van der Waals surface area contributed by atoms with Gasteiger partial charge in [-0.15, -0.1) is 0 Å². The van der Waals surface area contributed by atoms with Crippen LogP contribution in [0.15, 0.2) is 59.7 Å². The molecule has 7 rings (SSSR count). The number of amides is 1. The zero-order valence-electron chi connectivity index (χ0n) is 27.2. The lowest BCUT2D eigenvalue weighted by Crippen LogP contribution is -2.48. The molecule has 0 radical (unpaired) electrons. The fraction of sp³-hybridized carbons (Fsp3) is 0.432. The second kappa shape index (κ2) is 12.5. The number of carbonyl (C=O) groups is 1. The lowest BCUT2D eigenvalue weighted by Gasteiger charge is -2.38. The molecule has 3 aliphatic rings. The molecule has 1 N–H and O–H groups in total. The summed E-state index contributed by atoms with van der Waals surface area (Å²) in [4.78, 5) is 38.6. The van der Waals surface area contributed by atoms with E-state index in [4.69, 9.17) is 4.98 Å². The van der Waals surface area contributed by atoms with Gasteiger partial charge in [-0.05, 0) is 86.6 Å². The molecular weight excluding hydrogens is 576 g/mol. The quantitative estimate of drug-likeness (QED) is 0.330. The van der Waals surface area contributed by atoms with Gasteiger partial charge < -0.3 is 24.0 Å². The second-order valence-electron chi connectivity index (χ2n) is 13.2. The maximum atomic E-state index is 13.8. The van der Waals surface area contributed by atoms with Crippen molar-refractivity contribution < 1.29 is 9.90 Å². The molecule has 46 heavy (non-hydrogen) atoms. The topological polar surface area (TPSA) is 86.8 Å². The van der Waals surface area contributed by atoms with Crippen LogP contribution >= 0.6 is 0 Å². The number of hydrogen-bond acceptors (Lipinski definition) is 6. The Bertz CT molecular complexity index is 1810. The lowest BCUT2D eigenvalue weighted by molar-refractivity contribution is 0.0964. The van der Waals surface area contributed by atoms with Crippen molar-refractivity contribution in [3.63, 3.8) is 0 Å². The second-order valence-corrected chi connectivity index (χ2v) is 13.2. The number of piperazine rings is 1. The molecule has 2 aliphatic heterocycles. The Morgan fingerprint density at radius 3 is 2.48 bits per heavy atom. The molecule has 240 valence electrons. The molecular formula is C37H44N6O3. The smallest absolute Gasteiger partial charge is 0.274 e. The summed E-state index contributed by atoms with van der Waals surface area (Å²) >= 11 is 0. The zero-order chi connectivity index (χ0) is 31.9. The number of aliphatic hydroxyl groups excluding tert-OH is 1. The third-order valence-corrected chi connectivity index (χ3v) is 10.2. The van der Waals surface area contributed by atoms with Crippen LogP contribution in [0.3, 0.4) is 0 Å². The summed E-state index contributed by atoms with van der Waals surface area (Å²) in [7, 11) is 1.76. The first-order valence-electron chi connectivity index (χ1n) is 16.7. The maximum absolute atomic E-state index is 13.8. The number of anilines is 2. The molecule has 0 saturated carbocycles. The number of aliphatic hydroxyl groups is 1. The Labute approximate surface area is 270 Å². The third-order valence-electron chi connectivity index (χ3n) is 10.2. The molecule has 1 aromatic carbocycles. The number of aryl methyl sites for hydroxylation is 2. The Morgan fingerprint density at radius 1 is 0.935 bits per heavy atom. The van der Waals surface area contributed by atoms with E-state index < -0.39 is 0 Å². The van der Waals surface area contributed by atoms with Gasteiger partial charge in [0.05, 0.1) is 24.2 Å². The summed E-state index contributed by atoms with van der Waals surface area (Å²) in [5, 5.41) is 10.7. The predicted octanol–water partition coefficient (Wildman–Crippen LogP) is 4.40. The predicted molar refractivity (Wildman–Crippen MR) is 182 cm³/mol. The van der Waals surface area contributed by atoms with Gasteiger partial charge in [-0.25, -0.2) is 0 Å². The highest BCUT2D eigenvalue weighted by atomic mass is 16.3. The van der Waals surface area contributed by atoms with Gasteiger partial charge in [0.25, 0.3) is 11.5 Å². The molecule has 0 spiro atoms. The van der Waals surface area contributed by atoms with Gasteiger partial charge in [-0.3, -0.25) is 19.5 Å². The van der Waals surface area contributed by atoms with Crippen LogP contribution in [-0.2, 0) is 39.5 Å². The Kier molecular flexibility index (Phi) is 8.29. The third kappa shape index (κ3) is 5.56. The highest BCUT2D eigenvalue weighted by molar-refractivity contribution is 6.07. The van der Waals surface area contributed by atoms with Crippen LogP contribution in [0, 0.1) is 0 Å². The van der Waals surface area contributed by atoms with Crippen molar-refractivity contribution in [2.24, 2.45) is 7.05 Å². The molecule has 5 heterocycles. The molecule has 0 bridgehead atoms. The van der Waals surface area contributed by atoms with Crippen LogP contribution in [-0.4, -0.2) is 68.8 Å². The molecule has 1 saturated heterocycles. The van der Waals surface area contributed by atoms with E-state index in [1.54, 1.807) is 11.6 Å². The molecule has 1 aliphatic carbocycles. The molecule has 0 atom stereocenters. The summed E-state index contributed by atoms with van der Waals surface area (Å²) in [6, 6.07) is 14.5. The van der Waals surface area contributed by atoms with Crippen molar-refractivity contribution in [2.75, 3.05) is 42.5 Å². The maximum Gasteiger partial charge on any atom is 0.274 e. The highest BCUT2D eigenvalue weighted by Gasteiger charge is 2.31. The Hall–Kier alpha value is -4.21. The number of carbonyl (C=O) groups excluding carboxylic acids is 1. The number of benzene rings is 1. The molecule has 9 heteroatoms. The summed E-state index contributed by atoms with van der Waals surface area (Å²) in [6.07, 6.45) is 8.55. The minimum Gasteiger partial charge on any atom is -0.392 e. The summed E-state index contributed by atoms with van der Waals surface area (Å²) in [5.41, 5.74) is 8.91. The van der Waals surface area contributed by atoms with E-state index in [0.29, 0.717) is 30.1 Å². The Balaban J connectivity index is 1.15. The average molecular weight is 621 g/mol. The van der Waals surface area contributed by atoms with E-state index in [1.165, 1.54) is 24.1 Å². The minimum atomic E-state index is -0.223. The number of fused-ring (bicyclic) bond motifs is 3. The largest absolute Gasteiger partial charge is 0.392 e. The van der Waals surface area contributed by atoms with Gasteiger partial charge >= 0.3 is 0 Å². The van der Waals surface area contributed by atoms with Crippen LogP contribution in [0.25, 0.3) is 11.1 Å². The first-order chi connectivity index (χ1) is 22.3. The number of rotatable bonds is 7. The monoisotopic (exact) mass is 620 g/mol. The van der Waals surface area contributed by atoms with Gasteiger partial charge in [0.1, 0.15) is 5.69 Å². The molecule has 3 aromatic heterocycles. The van der Waals surface area contributed by atoms with Crippen molar-refractivity contribution in [1.82, 2.24) is 19.0 Å². The van der Waals surface area contributed by atoms with Gasteiger partial charge in [-0.1, -0.05) is 12.1 Å². The normalized spacial score (nSPS) is 17.0. The molecule has 1 fully saturated rings. The van der Waals surface area contributed by atoms with Crippen molar-refractivity contribution in [1.29, 1.82) is 0 Å². The molecule has 1 amide bonds. The van der Waals surface area contributed by atoms with E-state index in [1.807, 2.05) is 47.6 Å². The van der Waals surface area contributed by atoms with Gasteiger partial charge in [0.15, 0.2) is 0 Å². The summed E-state index contributed by atoms with van der Waals surface area (Å²) in [5.74, 6) is -0.0232. The number of pyridine rings is 2. The van der Waals surface area contributed by atoms with Crippen LogP contribution in [0.5, 0.6) is 0 Å². The Morgan fingerprint density at radius 2 is 1.74 bits per heavy atom. The van der Waals surface area contributed by atoms with E-state index in [9.17, 15) is 14.7 Å². The SMILES string of the molecule is CC(C)N1CCN(c2ccc(Cc3cc(-c4cccc(N5CCn6c(cc7c6CCCC7)C5=O)c4CO)cn(C)c3=O)nc2)CC1. The molecule has 4 aromatic rings. The van der Waals surface area contributed by atoms with Crippen LogP contribution in [0.2, 0.25) is 0 Å². The van der Waals surface area contributed by atoms with E-state index in [0.717, 1.165) is 79.5 Å². The fourth-order valence-corrected chi connectivity index (χ4v) is 7.59. The average Bonchev–Trinajstić information content (AvgIpc) is 3.46. The van der Waals surface area contributed by atoms with E-state index >= 15 is 0 Å². The van der Waals surface area contributed by atoms with E-state index in [2.05, 4.69) is 40.3 Å². The van der Waals surface area contributed by atoms with Crippen molar-refractivity contribution in [2.45, 2.75) is 65.1 Å².